The standard InChI is InChI=1S/C8H16N2O2/c1-12-6-7-2-3-10(5-7)8(11)4-9/h7H,2-6,9H2,1H3. The van der Waals surface area contributed by atoms with Crippen molar-refractivity contribution in [2.75, 3.05) is 33.4 Å². The average Bonchev–Trinajstić information content (AvgIpc) is 2.52. The molecule has 4 nitrogen and oxygen atoms in total. The van der Waals surface area contributed by atoms with E-state index in [1.807, 2.05) is 4.90 Å². The van der Waals surface area contributed by atoms with E-state index in [9.17, 15) is 4.79 Å². The van der Waals surface area contributed by atoms with E-state index < -0.39 is 0 Å². The zero-order valence-corrected chi connectivity index (χ0v) is 7.45. The minimum absolute atomic E-state index is 0.0496. The first-order chi connectivity index (χ1) is 5.77. The lowest BCUT2D eigenvalue weighted by atomic mass is 10.1. The van der Waals surface area contributed by atoms with E-state index in [1.54, 1.807) is 7.11 Å². The maximum atomic E-state index is 11.1. The van der Waals surface area contributed by atoms with E-state index >= 15 is 0 Å². The van der Waals surface area contributed by atoms with Crippen molar-refractivity contribution in [2.24, 2.45) is 11.7 Å². The predicted molar refractivity (Wildman–Crippen MR) is 45.6 cm³/mol. The van der Waals surface area contributed by atoms with Crippen molar-refractivity contribution < 1.29 is 9.53 Å². The van der Waals surface area contributed by atoms with Crippen LogP contribution in [0.15, 0.2) is 0 Å². The van der Waals surface area contributed by atoms with Crippen LogP contribution in [0.4, 0.5) is 0 Å². The summed E-state index contributed by atoms with van der Waals surface area (Å²) in [5.74, 6) is 0.555. The van der Waals surface area contributed by atoms with Crippen LogP contribution in [-0.4, -0.2) is 44.2 Å². The minimum atomic E-state index is 0.0496. The summed E-state index contributed by atoms with van der Waals surface area (Å²) < 4.78 is 5.02. The number of ether oxygens (including phenoxy) is 1. The molecule has 1 unspecified atom stereocenters. The highest BCUT2D eigenvalue weighted by atomic mass is 16.5. The van der Waals surface area contributed by atoms with Crippen molar-refractivity contribution in [2.45, 2.75) is 6.42 Å². The summed E-state index contributed by atoms with van der Waals surface area (Å²) in [7, 11) is 1.69. The zero-order valence-electron chi connectivity index (χ0n) is 7.45. The molecule has 1 heterocycles. The van der Waals surface area contributed by atoms with E-state index in [4.69, 9.17) is 10.5 Å². The Hall–Kier alpha value is -0.610. The van der Waals surface area contributed by atoms with Gasteiger partial charge in [-0.15, -0.1) is 0 Å². The predicted octanol–water partition coefficient (Wildman–Crippen LogP) is -0.560. The molecule has 2 N–H and O–H groups in total. The summed E-state index contributed by atoms with van der Waals surface area (Å²) in [6.07, 6.45) is 1.04. The van der Waals surface area contributed by atoms with Crippen LogP contribution in [0, 0.1) is 5.92 Å². The van der Waals surface area contributed by atoms with Crippen LogP contribution in [0.25, 0.3) is 0 Å². The van der Waals surface area contributed by atoms with Gasteiger partial charge in [-0.25, -0.2) is 0 Å². The second kappa shape index (κ2) is 4.42. The molecule has 0 aliphatic carbocycles. The molecule has 1 saturated heterocycles. The van der Waals surface area contributed by atoms with Crippen LogP contribution >= 0.6 is 0 Å². The molecule has 0 aromatic heterocycles. The number of rotatable bonds is 3. The van der Waals surface area contributed by atoms with Gasteiger partial charge in [0.25, 0.3) is 0 Å². The number of nitrogens with two attached hydrogens (primary N) is 1. The molecule has 0 bridgehead atoms. The fourth-order valence-electron chi connectivity index (χ4n) is 1.56. The molecule has 1 aliphatic heterocycles. The molecular weight excluding hydrogens is 156 g/mol. The van der Waals surface area contributed by atoms with Gasteiger partial charge in [-0.1, -0.05) is 0 Å². The van der Waals surface area contributed by atoms with Crippen molar-refractivity contribution in [3.05, 3.63) is 0 Å². The number of likely N-dealkylation sites (tertiary alicyclic amines) is 1. The molecule has 1 rings (SSSR count). The van der Waals surface area contributed by atoms with Gasteiger partial charge in [-0.3, -0.25) is 4.79 Å². The summed E-state index contributed by atoms with van der Waals surface area (Å²) in [5, 5.41) is 0. The summed E-state index contributed by atoms with van der Waals surface area (Å²) in [6.45, 7) is 2.52. The Morgan fingerprint density at radius 2 is 2.50 bits per heavy atom. The number of methoxy groups -OCH3 is 1. The topological polar surface area (TPSA) is 55.6 Å². The third kappa shape index (κ3) is 2.19. The highest BCUT2D eigenvalue weighted by Gasteiger charge is 2.24. The highest BCUT2D eigenvalue weighted by Crippen LogP contribution is 2.15. The van der Waals surface area contributed by atoms with Gasteiger partial charge < -0.3 is 15.4 Å². The molecule has 0 aromatic carbocycles. The summed E-state index contributed by atoms with van der Waals surface area (Å²) in [5.41, 5.74) is 5.25. The van der Waals surface area contributed by atoms with Crippen LogP contribution in [0.1, 0.15) is 6.42 Å². The quantitative estimate of drug-likeness (QED) is 0.621. The Labute approximate surface area is 72.7 Å². The lowest BCUT2D eigenvalue weighted by Gasteiger charge is -2.14. The monoisotopic (exact) mass is 172 g/mol. The van der Waals surface area contributed by atoms with Gasteiger partial charge in [-0.05, 0) is 6.42 Å². The van der Waals surface area contributed by atoms with Crippen molar-refractivity contribution in [1.29, 1.82) is 0 Å². The second-order valence-corrected chi connectivity index (χ2v) is 3.15. The lowest BCUT2D eigenvalue weighted by Crippen LogP contribution is -2.34. The van der Waals surface area contributed by atoms with Crippen LogP contribution in [-0.2, 0) is 9.53 Å². The van der Waals surface area contributed by atoms with Gasteiger partial charge in [0.1, 0.15) is 0 Å². The fraction of sp³-hybridized carbons (Fsp3) is 0.875. The first-order valence-electron chi connectivity index (χ1n) is 4.24. The number of nitrogens with zero attached hydrogens (tertiary/aromatic N) is 1. The maximum Gasteiger partial charge on any atom is 0.236 e. The Balaban J connectivity index is 2.30. The van der Waals surface area contributed by atoms with E-state index in [0.29, 0.717) is 5.92 Å². The first kappa shape index (κ1) is 9.48. The molecule has 70 valence electrons. The lowest BCUT2D eigenvalue weighted by molar-refractivity contribution is -0.128. The van der Waals surface area contributed by atoms with Gasteiger partial charge in [0.2, 0.25) is 5.91 Å². The number of hydrogen-bond acceptors (Lipinski definition) is 3. The molecule has 1 amide bonds. The molecule has 0 saturated carbocycles. The normalized spacial score (nSPS) is 23.2. The fourth-order valence-corrected chi connectivity index (χ4v) is 1.56. The second-order valence-electron chi connectivity index (χ2n) is 3.15. The maximum absolute atomic E-state index is 11.1. The molecule has 0 aromatic rings. The summed E-state index contributed by atoms with van der Waals surface area (Å²) in [4.78, 5) is 12.9. The van der Waals surface area contributed by atoms with Gasteiger partial charge in [-0.2, -0.15) is 0 Å². The molecule has 1 fully saturated rings. The Morgan fingerprint density at radius 1 is 1.75 bits per heavy atom. The highest BCUT2D eigenvalue weighted by molar-refractivity contribution is 5.78. The van der Waals surface area contributed by atoms with Gasteiger partial charge >= 0.3 is 0 Å². The van der Waals surface area contributed by atoms with Crippen molar-refractivity contribution in [3.8, 4) is 0 Å². The van der Waals surface area contributed by atoms with Gasteiger partial charge in [0, 0.05) is 26.1 Å². The molecule has 1 aliphatic rings. The van der Waals surface area contributed by atoms with E-state index in [1.165, 1.54) is 0 Å². The number of carbonyl (C=O) groups is 1. The van der Waals surface area contributed by atoms with Crippen molar-refractivity contribution in [1.82, 2.24) is 4.90 Å². The summed E-state index contributed by atoms with van der Waals surface area (Å²) in [6, 6.07) is 0. The van der Waals surface area contributed by atoms with E-state index in [0.717, 1.165) is 26.1 Å². The Bertz CT molecular complexity index is 161. The summed E-state index contributed by atoms with van der Waals surface area (Å²) >= 11 is 0. The average molecular weight is 172 g/mol. The van der Waals surface area contributed by atoms with Crippen molar-refractivity contribution >= 4 is 5.91 Å². The number of hydrogen-bond donors (Lipinski definition) is 1. The zero-order chi connectivity index (χ0) is 8.97. The van der Waals surface area contributed by atoms with E-state index in [2.05, 4.69) is 0 Å². The number of carbonyl (C=O) groups excluding carboxylic acids is 1. The Kier molecular flexibility index (Phi) is 3.49. The largest absolute Gasteiger partial charge is 0.384 e. The molecule has 0 spiro atoms. The smallest absolute Gasteiger partial charge is 0.236 e. The third-order valence-electron chi connectivity index (χ3n) is 2.22. The molecule has 4 heteroatoms. The van der Waals surface area contributed by atoms with Crippen molar-refractivity contribution in [3.63, 3.8) is 0 Å². The SMILES string of the molecule is COCC1CCN(C(=O)CN)C1. The molecule has 12 heavy (non-hydrogen) atoms. The third-order valence-corrected chi connectivity index (χ3v) is 2.22. The van der Waals surface area contributed by atoms with Crippen LogP contribution < -0.4 is 5.73 Å². The molecule has 0 radical (unpaired) electrons. The van der Waals surface area contributed by atoms with Gasteiger partial charge in [0.15, 0.2) is 0 Å². The molecular formula is C8H16N2O2. The Morgan fingerprint density at radius 3 is 3.08 bits per heavy atom. The van der Waals surface area contributed by atoms with Crippen LogP contribution in [0.3, 0.4) is 0 Å². The first-order valence-corrected chi connectivity index (χ1v) is 4.24. The van der Waals surface area contributed by atoms with E-state index in [-0.39, 0.29) is 12.5 Å². The van der Waals surface area contributed by atoms with Gasteiger partial charge in [0.05, 0.1) is 13.2 Å². The van der Waals surface area contributed by atoms with Crippen LogP contribution in [0.2, 0.25) is 0 Å². The van der Waals surface area contributed by atoms with Crippen LogP contribution in [0.5, 0.6) is 0 Å². The number of amides is 1. The molecule has 1 atom stereocenters. The minimum Gasteiger partial charge on any atom is -0.384 e.